The van der Waals surface area contributed by atoms with E-state index < -0.39 is 0 Å². The minimum Gasteiger partial charge on any atom is 0.0395 e. The van der Waals surface area contributed by atoms with Crippen LogP contribution in [-0.2, 0) is 0 Å². The summed E-state index contributed by atoms with van der Waals surface area (Å²) in [7, 11) is 0. The molecular weight excluding hydrogens is 72.1 g/mol. The summed E-state index contributed by atoms with van der Waals surface area (Å²) in [5.74, 6) is 0. The number of allylic oxidation sites excluding steroid dienone is 6. The Hall–Kier alpha value is -0.870. The van der Waals surface area contributed by atoms with Gasteiger partial charge in [-0.05, 0) is 0 Å². The van der Waals surface area contributed by atoms with Crippen molar-refractivity contribution in [1.82, 2.24) is 0 Å². The average molecular weight is 82.1 g/mol. The van der Waals surface area contributed by atoms with Gasteiger partial charge >= 0.3 is 0 Å². The van der Waals surface area contributed by atoms with Gasteiger partial charge in [-0.25, -0.2) is 0 Å². The second-order valence-electron chi connectivity index (χ2n) is 0.750. The zero-order chi connectivity index (χ0) is 8.59. The van der Waals surface area contributed by atoms with Crippen LogP contribution in [0.15, 0.2) is 30.3 Å². The second-order valence-corrected chi connectivity index (χ2v) is 0.750. The van der Waals surface area contributed by atoms with Crippen LogP contribution in [0.4, 0.5) is 0 Å². The van der Waals surface area contributed by atoms with Gasteiger partial charge in [0, 0.05) is 24.2 Å². The summed E-state index contributed by atoms with van der Waals surface area (Å²) >= 11 is 0. The van der Waals surface area contributed by atoms with E-state index in [-0.39, 0.29) is 30.3 Å². The maximum Gasteiger partial charge on any atom is 0.153 e. The van der Waals surface area contributed by atoms with Gasteiger partial charge in [0.25, 0.3) is 0 Å². The van der Waals surface area contributed by atoms with Crippen LogP contribution in [0.5, 0.6) is 0 Å². The Kier molecular flexibility index (Phi) is 0.218. The van der Waals surface area contributed by atoms with Crippen molar-refractivity contribution in [1.29, 1.82) is 0 Å². The van der Waals surface area contributed by atoms with Crippen LogP contribution in [0.25, 0.3) is 0 Å². The molecule has 0 saturated heterocycles. The molecule has 0 unspecified atom stereocenters. The lowest BCUT2D eigenvalue weighted by molar-refractivity contribution is 1.75. The first-order chi connectivity index (χ1) is 5.04. The van der Waals surface area contributed by atoms with E-state index in [4.69, 9.17) is 6.85 Å². The molecule has 0 aliphatic heterocycles. The fourth-order valence-electron chi connectivity index (χ4n) is 0.188. The highest BCUT2D eigenvalue weighted by molar-refractivity contribution is 5.18. The Morgan fingerprint density at radius 1 is 1.33 bits per heavy atom. The van der Waals surface area contributed by atoms with E-state index in [9.17, 15) is 0 Å². The summed E-state index contributed by atoms with van der Waals surface area (Å²) in [5, 5.41) is 0. The Morgan fingerprint density at radius 2 is 2.33 bits per heavy atom. The van der Waals surface area contributed by atoms with Crippen LogP contribution < -0.4 is 0 Å². The standard InChI is InChI=1S/C6H5/c1-2-4-6-5-3-1/h1-5H/q+1/i1D,2D,3D,4D,5D. The molecule has 0 saturated carbocycles. The minimum atomic E-state index is -0.376. The smallest absolute Gasteiger partial charge is 0.0395 e. The van der Waals surface area contributed by atoms with E-state index in [2.05, 4.69) is 6.08 Å². The largest absolute Gasteiger partial charge is 0.153 e. The Bertz CT molecular complexity index is 278. The normalized spacial score (nSPS) is 34.7. The third-order valence-electron chi connectivity index (χ3n) is 0.375. The first-order valence-corrected chi connectivity index (χ1v) is 1.50. The van der Waals surface area contributed by atoms with Crippen LogP contribution in [0.2, 0.25) is 0 Å². The zero-order valence-electron chi connectivity index (χ0n) is 8.00. The summed E-state index contributed by atoms with van der Waals surface area (Å²) in [6.45, 7) is 0. The molecule has 0 fully saturated rings. The first kappa shape index (κ1) is 0.853. The maximum absolute atomic E-state index is 7.09. The maximum atomic E-state index is 7.09. The third kappa shape index (κ3) is 0.540. The van der Waals surface area contributed by atoms with Gasteiger partial charge in [-0.2, -0.15) is 0 Å². The molecule has 0 bridgehead atoms. The summed E-state index contributed by atoms with van der Waals surface area (Å²) in [5.41, 5.74) is 0. The van der Waals surface area contributed by atoms with Crippen molar-refractivity contribution in [3.05, 3.63) is 36.3 Å². The van der Waals surface area contributed by atoms with Gasteiger partial charge in [0.1, 0.15) is 14.8 Å². The lowest BCUT2D eigenvalue weighted by atomic mass is 10.3. The van der Waals surface area contributed by atoms with E-state index in [1.54, 1.807) is 0 Å². The van der Waals surface area contributed by atoms with E-state index in [0.29, 0.717) is 0 Å². The molecule has 1 aliphatic carbocycles. The molecule has 0 spiro atoms. The second kappa shape index (κ2) is 1.54. The van der Waals surface area contributed by atoms with Crippen LogP contribution in [0, 0.1) is 6.08 Å². The molecule has 0 heteroatoms. The quantitative estimate of drug-likeness (QED) is 0.388. The minimum absolute atomic E-state index is 0.295. The van der Waals surface area contributed by atoms with Gasteiger partial charge in [-0.3, -0.25) is 0 Å². The average Bonchev–Trinajstić information content (AvgIpc) is 1.97. The summed E-state index contributed by atoms with van der Waals surface area (Å²) in [6.07, 6.45) is 2.19. The van der Waals surface area contributed by atoms with Gasteiger partial charge < -0.3 is 0 Å². The Balaban J connectivity index is 3.28. The Labute approximate surface area is 44.5 Å². The Morgan fingerprint density at radius 3 is 3.33 bits per heavy atom. The molecule has 6 heavy (non-hydrogen) atoms. The SMILES string of the molecule is [2H]C1=[C+]C([2H])=C([2H])C([2H])=C1[2H]. The number of hydrogen-bond donors (Lipinski definition) is 0. The molecule has 0 atom stereocenters. The van der Waals surface area contributed by atoms with Crippen molar-refractivity contribution < 1.29 is 6.85 Å². The van der Waals surface area contributed by atoms with Crippen molar-refractivity contribution >= 4 is 0 Å². The van der Waals surface area contributed by atoms with Crippen LogP contribution in [0.3, 0.4) is 0 Å². The van der Waals surface area contributed by atoms with Crippen molar-refractivity contribution in [2.24, 2.45) is 0 Å². The number of hydrogen-bond acceptors (Lipinski definition) is 0. The van der Waals surface area contributed by atoms with Crippen molar-refractivity contribution in [2.75, 3.05) is 0 Å². The molecule has 1 rings (SSSR count). The lowest BCUT2D eigenvalue weighted by Gasteiger charge is -1.64. The van der Waals surface area contributed by atoms with Gasteiger partial charge in [0.05, 0.1) is 1.37 Å². The molecule has 28 valence electrons. The molecule has 0 aromatic carbocycles. The van der Waals surface area contributed by atoms with E-state index >= 15 is 0 Å². The highest BCUT2D eigenvalue weighted by Crippen LogP contribution is 1.85. The first-order valence-electron chi connectivity index (χ1n) is 4.00. The van der Waals surface area contributed by atoms with E-state index in [1.165, 1.54) is 0 Å². The van der Waals surface area contributed by atoms with Crippen molar-refractivity contribution in [2.45, 2.75) is 0 Å². The third-order valence-corrected chi connectivity index (χ3v) is 0.375. The predicted molar refractivity (Wildman–Crippen MR) is 26.1 cm³/mol. The molecule has 0 aromatic rings. The predicted octanol–water partition coefficient (Wildman–Crippen LogP) is 1.47. The van der Waals surface area contributed by atoms with Gasteiger partial charge in [0.15, 0.2) is 2.74 Å². The molecular formula is C6H5+. The van der Waals surface area contributed by atoms with E-state index in [1.807, 2.05) is 0 Å². The number of rotatable bonds is 0. The fraction of sp³-hybridized carbons (Fsp3) is 0. The van der Waals surface area contributed by atoms with Gasteiger partial charge in [-0.1, -0.05) is 0 Å². The van der Waals surface area contributed by atoms with E-state index in [0.717, 1.165) is 0 Å². The molecule has 0 radical (unpaired) electrons. The zero-order valence-corrected chi connectivity index (χ0v) is 3.00. The highest BCUT2D eigenvalue weighted by atomic mass is 13.7. The summed E-state index contributed by atoms with van der Waals surface area (Å²) in [6, 6.07) is -1.65. The highest BCUT2D eigenvalue weighted by Gasteiger charge is 1.78. The molecule has 0 heterocycles. The van der Waals surface area contributed by atoms with Crippen LogP contribution >= 0.6 is 0 Å². The summed E-state index contributed by atoms with van der Waals surface area (Å²) in [4.78, 5) is 0. The molecule has 0 amide bonds. The van der Waals surface area contributed by atoms with Gasteiger partial charge in [0.2, 0.25) is 0 Å². The van der Waals surface area contributed by atoms with Crippen molar-refractivity contribution in [3.63, 3.8) is 0 Å². The fourth-order valence-corrected chi connectivity index (χ4v) is 0.188. The summed E-state index contributed by atoms with van der Waals surface area (Å²) < 4.78 is 35.3. The monoisotopic (exact) mass is 82.1 g/mol. The molecule has 0 aromatic heterocycles. The van der Waals surface area contributed by atoms with Gasteiger partial charge in [-0.15, -0.1) is 0 Å². The van der Waals surface area contributed by atoms with Crippen LogP contribution in [0.1, 0.15) is 6.85 Å². The molecule has 0 N–H and O–H groups in total. The van der Waals surface area contributed by atoms with Crippen LogP contribution in [-0.4, -0.2) is 0 Å². The topological polar surface area (TPSA) is 0 Å². The van der Waals surface area contributed by atoms with Crippen molar-refractivity contribution in [3.8, 4) is 0 Å². The lowest BCUT2D eigenvalue weighted by Crippen LogP contribution is -1.56. The molecule has 0 nitrogen and oxygen atoms in total. The molecule has 1 aliphatic rings.